The number of Topliss-reactive ketones (excluding diaryl/α,β-unsaturated/α-hetero) is 1. The van der Waals surface area contributed by atoms with Crippen LogP contribution in [-0.4, -0.2) is 34.6 Å². The number of carbonyl (C=O) groups excluding carboxylic acids is 1. The van der Waals surface area contributed by atoms with Crippen LogP contribution in [-0.2, 0) is 9.57 Å². The molecule has 0 bridgehead atoms. The molecule has 1 atom stereocenters. The molecule has 1 aromatic carbocycles. The lowest BCUT2D eigenvalue weighted by Gasteiger charge is -2.54. The van der Waals surface area contributed by atoms with Gasteiger partial charge < -0.3 is 4.74 Å². The van der Waals surface area contributed by atoms with Crippen LogP contribution in [0.5, 0.6) is 0 Å². The van der Waals surface area contributed by atoms with Crippen LogP contribution >= 0.6 is 0 Å². The second kappa shape index (κ2) is 8.20. The van der Waals surface area contributed by atoms with Crippen molar-refractivity contribution in [2.24, 2.45) is 0 Å². The number of nitrogens with zero attached hydrogens (tertiary/aromatic N) is 1. The Morgan fingerprint density at radius 2 is 1.69 bits per heavy atom. The summed E-state index contributed by atoms with van der Waals surface area (Å²) in [5.74, 6) is 0.0848. The fourth-order valence-electron chi connectivity index (χ4n) is 4.07. The molecule has 1 heterocycles. The van der Waals surface area contributed by atoms with Crippen molar-refractivity contribution >= 4 is 5.78 Å². The topological polar surface area (TPSA) is 38.8 Å². The highest BCUT2D eigenvalue weighted by molar-refractivity contribution is 5.94. The molecule has 1 unspecified atom stereocenters. The van der Waals surface area contributed by atoms with Gasteiger partial charge in [-0.2, -0.15) is 5.06 Å². The van der Waals surface area contributed by atoms with Gasteiger partial charge in [-0.3, -0.25) is 9.63 Å². The Bertz CT molecular complexity index is 588. The number of piperidine rings is 1. The lowest BCUT2D eigenvalue weighted by atomic mass is 9.80. The molecular formula is C22H35NO3. The summed E-state index contributed by atoms with van der Waals surface area (Å²) in [6.45, 7) is 15.5. The first-order valence-electron chi connectivity index (χ1n) is 9.76. The molecule has 1 aliphatic rings. The Morgan fingerprint density at radius 1 is 1.15 bits per heavy atom. The van der Waals surface area contributed by atoms with Gasteiger partial charge in [-0.25, -0.2) is 0 Å². The molecule has 0 aromatic heterocycles. The standard InChI is InChI=1S/C22H35NO3/c1-8-13-25-20-14-21(4,5)23(22(6,7)15-20)26-17(3)19-11-9-18(10-12-19)16(2)24/h9-12,17,20H,8,13-15H2,1-7H3. The SMILES string of the molecule is CCCOC1CC(C)(C)N(OC(C)c2ccc(C(C)=O)cc2)C(C)(C)C1. The molecule has 146 valence electrons. The van der Waals surface area contributed by atoms with Crippen molar-refractivity contribution in [1.29, 1.82) is 0 Å². The molecular weight excluding hydrogens is 326 g/mol. The summed E-state index contributed by atoms with van der Waals surface area (Å²) in [5.41, 5.74) is 1.57. The molecule has 1 fully saturated rings. The van der Waals surface area contributed by atoms with Gasteiger partial charge in [-0.1, -0.05) is 31.2 Å². The average molecular weight is 362 g/mol. The fraction of sp³-hybridized carbons (Fsp3) is 0.682. The molecule has 0 radical (unpaired) electrons. The summed E-state index contributed by atoms with van der Waals surface area (Å²) in [6, 6.07) is 7.72. The average Bonchev–Trinajstić information content (AvgIpc) is 2.55. The van der Waals surface area contributed by atoms with Crippen LogP contribution in [0.4, 0.5) is 0 Å². The van der Waals surface area contributed by atoms with Crippen molar-refractivity contribution < 1.29 is 14.4 Å². The van der Waals surface area contributed by atoms with E-state index in [0.29, 0.717) is 0 Å². The zero-order chi connectivity index (χ0) is 19.5. The summed E-state index contributed by atoms with van der Waals surface area (Å²) in [6.07, 6.45) is 3.14. The van der Waals surface area contributed by atoms with Crippen LogP contribution in [0.3, 0.4) is 0 Å². The number of ether oxygens (including phenoxy) is 1. The summed E-state index contributed by atoms with van der Waals surface area (Å²) in [4.78, 5) is 17.9. The minimum Gasteiger partial charge on any atom is -0.378 e. The number of hydrogen-bond acceptors (Lipinski definition) is 4. The maximum atomic E-state index is 11.5. The molecule has 1 aromatic rings. The molecule has 0 spiro atoms. The monoisotopic (exact) mass is 361 g/mol. The zero-order valence-electron chi connectivity index (χ0n) is 17.5. The maximum absolute atomic E-state index is 11.5. The zero-order valence-corrected chi connectivity index (χ0v) is 17.5. The normalized spacial score (nSPS) is 21.5. The Balaban J connectivity index is 2.12. The summed E-state index contributed by atoms with van der Waals surface area (Å²) in [7, 11) is 0. The molecule has 1 saturated heterocycles. The highest BCUT2D eigenvalue weighted by Crippen LogP contribution is 2.41. The van der Waals surface area contributed by atoms with Gasteiger partial charge in [0, 0.05) is 23.2 Å². The van der Waals surface area contributed by atoms with Crippen LogP contribution in [0, 0.1) is 0 Å². The number of benzene rings is 1. The van der Waals surface area contributed by atoms with Gasteiger partial charge in [-0.05, 0) is 66.4 Å². The quantitative estimate of drug-likeness (QED) is 0.615. The van der Waals surface area contributed by atoms with E-state index < -0.39 is 0 Å². The number of rotatable bonds is 7. The molecule has 2 rings (SSSR count). The second-order valence-corrected chi connectivity index (χ2v) is 8.75. The van der Waals surface area contributed by atoms with Crippen LogP contribution < -0.4 is 0 Å². The van der Waals surface area contributed by atoms with Crippen molar-refractivity contribution in [2.45, 2.75) is 91.0 Å². The lowest BCUT2D eigenvalue weighted by Crippen LogP contribution is -2.62. The Hall–Kier alpha value is -1.23. The highest BCUT2D eigenvalue weighted by Gasteiger charge is 2.47. The second-order valence-electron chi connectivity index (χ2n) is 8.75. The molecule has 0 aliphatic carbocycles. The van der Waals surface area contributed by atoms with Crippen molar-refractivity contribution in [3.8, 4) is 0 Å². The third kappa shape index (κ3) is 4.93. The third-order valence-electron chi connectivity index (χ3n) is 5.16. The molecule has 4 heteroatoms. The van der Waals surface area contributed by atoms with Crippen LogP contribution in [0.1, 0.15) is 89.8 Å². The molecule has 1 aliphatic heterocycles. The Kier molecular flexibility index (Phi) is 6.65. The van der Waals surface area contributed by atoms with E-state index in [9.17, 15) is 4.79 Å². The van der Waals surface area contributed by atoms with E-state index in [-0.39, 0.29) is 29.1 Å². The van der Waals surface area contributed by atoms with E-state index >= 15 is 0 Å². The molecule has 0 N–H and O–H groups in total. The van der Waals surface area contributed by atoms with E-state index in [0.717, 1.165) is 37.0 Å². The van der Waals surface area contributed by atoms with E-state index in [1.54, 1.807) is 6.92 Å². The van der Waals surface area contributed by atoms with E-state index in [1.807, 2.05) is 24.3 Å². The van der Waals surface area contributed by atoms with Gasteiger partial charge >= 0.3 is 0 Å². The third-order valence-corrected chi connectivity index (χ3v) is 5.16. The van der Waals surface area contributed by atoms with Gasteiger partial charge in [0.05, 0.1) is 6.10 Å². The molecule has 4 nitrogen and oxygen atoms in total. The van der Waals surface area contributed by atoms with Gasteiger partial charge in [-0.15, -0.1) is 0 Å². The van der Waals surface area contributed by atoms with E-state index in [1.165, 1.54) is 0 Å². The largest absolute Gasteiger partial charge is 0.378 e. The van der Waals surface area contributed by atoms with Crippen molar-refractivity contribution in [1.82, 2.24) is 5.06 Å². The number of hydroxylamine groups is 2. The number of ketones is 1. The first-order chi connectivity index (χ1) is 12.1. The van der Waals surface area contributed by atoms with Crippen LogP contribution in [0.15, 0.2) is 24.3 Å². The van der Waals surface area contributed by atoms with Gasteiger partial charge in [0.25, 0.3) is 0 Å². The first kappa shape index (κ1) is 21.1. The minimum atomic E-state index is -0.117. The summed E-state index contributed by atoms with van der Waals surface area (Å²) >= 11 is 0. The van der Waals surface area contributed by atoms with E-state index in [2.05, 4.69) is 46.6 Å². The number of carbonyl (C=O) groups is 1. The van der Waals surface area contributed by atoms with Crippen molar-refractivity contribution in [2.75, 3.05) is 6.61 Å². The summed E-state index contributed by atoms with van der Waals surface area (Å²) in [5, 5.41) is 2.16. The first-order valence-corrected chi connectivity index (χ1v) is 9.76. The van der Waals surface area contributed by atoms with Crippen molar-refractivity contribution in [3.05, 3.63) is 35.4 Å². The van der Waals surface area contributed by atoms with Crippen molar-refractivity contribution in [3.63, 3.8) is 0 Å². The molecule has 0 saturated carbocycles. The van der Waals surface area contributed by atoms with E-state index in [4.69, 9.17) is 9.57 Å². The van der Waals surface area contributed by atoms with Gasteiger partial charge in [0.2, 0.25) is 0 Å². The minimum absolute atomic E-state index is 0.0809. The Labute approximate surface area is 158 Å². The predicted octanol–water partition coefficient (Wildman–Crippen LogP) is 5.33. The maximum Gasteiger partial charge on any atom is 0.159 e. The van der Waals surface area contributed by atoms with Crippen LogP contribution in [0.2, 0.25) is 0 Å². The fourth-order valence-corrected chi connectivity index (χ4v) is 4.07. The van der Waals surface area contributed by atoms with Gasteiger partial charge in [0.15, 0.2) is 5.78 Å². The molecule has 0 amide bonds. The van der Waals surface area contributed by atoms with Crippen LogP contribution in [0.25, 0.3) is 0 Å². The molecule has 26 heavy (non-hydrogen) atoms. The lowest BCUT2D eigenvalue weighted by molar-refractivity contribution is -0.315. The predicted molar refractivity (Wildman–Crippen MR) is 105 cm³/mol. The summed E-state index contributed by atoms with van der Waals surface area (Å²) < 4.78 is 6.06. The highest BCUT2D eigenvalue weighted by atomic mass is 16.7. The van der Waals surface area contributed by atoms with Gasteiger partial charge in [0.1, 0.15) is 6.10 Å². The smallest absolute Gasteiger partial charge is 0.159 e. The number of hydrogen-bond donors (Lipinski definition) is 0. The Morgan fingerprint density at radius 3 is 2.15 bits per heavy atom.